The van der Waals surface area contributed by atoms with Crippen molar-refractivity contribution in [2.75, 3.05) is 40.4 Å². The molecule has 0 radical (unpaired) electrons. The minimum atomic E-state index is -1.29. The van der Waals surface area contributed by atoms with Gasteiger partial charge in [0.25, 0.3) is 0 Å². The molecule has 3 unspecified atom stereocenters. The molecule has 0 aliphatic carbocycles. The van der Waals surface area contributed by atoms with E-state index in [9.17, 15) is 24.5 Å². The van der Waals surface area contributed by atoms with Crippen LogP contribution >= 0.6 is 11.6 Å². The predicted molar refractivity (Wildman–Crippen MR) is 134 cm³/mol. The number of hydrogen-bond donors (Lipinski definition) is 5. The van der Waals surface area contributed by atoms with Crippen LogP contribution in [-0.4, -0.2) is 83.6 Å². The number of nitrogens with zero attached hydrogens (tertiary/aromatic N) is 2. The van der Waals surface area contributed by atoms with Crippen molar-refractivity contribution >= 4 is 17.5 Å². The van der Waals surface area contributed by atoms with Crippen LogP contribution in [0.3, 0.4) is 0 Å². The predicted octanol–water partition coefficient (Wildman–Crippen LogP) is 0.948. The van der Waals surface area contributed by atoms with Crippen molar-refractivity contribution in [3.8, 4) is 0 Å². The fourth-order valence-electron chi connectivity index (χ4n) is 3.83. The number of aliphatic hydroxyl groups excluding tert-OH is 3. The van der Waals surface area contributed by atoms with Crippen molar-refractivity contribution in [2.45, 2.75) is 31.8 Å². The summed E-state index contributed by atoms with van der Waals surface area (Å²) in [5.74, 6) is -2.01. The lowest BCUT2D eigenvalue weighted by Crippen LogP contribution is -2.52. The van der Waals surface area contributed by atoms with Crippen LogP contribution in [0.2, 0.25) is 5.02 Å². The average Bonchev–Trinajstić information content (AvgIpc) is 2.82. The fourth-order valence-corrected chi connectivity index (χ4v) is 4.06. The number of likely N-dealkylation sites (N-methyl/N-ethyl adjacent to an activating group) is 1. The summed E-state index contributed by atoms with van der Waals surface area (Å²) in [5.41, 5.74) is 7.76. The third kappa shape index (κ3) is 9.12. The largest absolute Gasteiger partial charge is 0.396 e. The first-order chi connectivity index (χ1) is 16.7. The standard InChI is InChI=1S/C25H36ClFN4O4/c1-30(2)9-10-31(14-19-21(26)7-4-8-22(19)27)13-18-6-3-5-17(11-18)12-29-24(25(28)35)20(15-32)23(34)16-33/h3-8,11,20,23-24,29,32-34H,9-10,12-16H2,1-2H3,(H2,28,35). The lowest BCUT2D eigenvalue weighted by atomic mass is 9.93. The first kappa shape index (κ1) is 29.1. The van der Waals surface area contributed by atoms with Crippen molar-refractivity contribution in [3.05, 3.63) is 70.0 Å². The number of benzene rings is 2. The number of hydrogen-bond acceptors (Lipinski definition) is 7. The number of halogens is 2. The van der Waals surface area contributed by atoms with E-state index in [1.165, 1.54) is 6.07 Å². The maximum absolute atomic E-state index is 14.4. The molecular weight excluding hydrogens is 475 g/mol. The maximum atomic E-state index is 14.4. The van der Waals surface area contributed by atoms with Crippen LogP contribution in [0.1, 0.15) is 16.7 Å². The van der Waals surface area contributed by atoms with E-state index in [1.807, 2.05) is 38.4 Å². The molecule has 0 heterocycles. The van der Waals surface area contributed by atoms with Gasteiger partial charge in [-0.3, -0.25) is 9.69 Å². The van der Waals surface area contributed by atoms with E-state index in [4.69, 9.17) is 17.3 Å². The SMILES string of the molecule is CN(C)CCN(Cc1cccc(CNC(C(N)=O)C(CO)C(O)CO)c1)Cc1c(F)cccc1Cl. The molecule has 0 spiro atoms. The number of nitrogens with two attached hydrogens (primary N) is 1. The van der Waals surface area contributed by atoms with Crippen molar-refractivity contribution < 1.29 is 24.5 Å². The molecule has 10 heteroatoms. The van der Waals surface area contributed by atoms with Crippen LogP contribution in [0.25, 0.3) is 0 Å². The molecule has 1 amide bonds. The molecule has 194 valence electrons. The van der Waals surface area contributed by atoms with Gasteiger partial charge in [-0.2, -0.15) is 0 Å². The molecule has 35 heavy (non-hydrogen) atoms. The smallest absolute Gasteiger partial charge is 0.235 e. The zero-order valence-corrected chi connectivity index (χ0v) is 21.0. The Morgan fingerprint density at radius 1 is 1.09 bits per heavy atom. The van der Waals surface area contributed by atoms with E-state index < -0.39 is 37.2 Å². The molecule has 6 N–H and O–H groups in total. The van der Waals surface area contributed by atoms with Crippen LogP contribution in [0.4, 0.5) is 4.39 Å². The second kappa shape index (κ2) is 14.4. The zero-order valence-electron chi connectivity index (χ0n) is 20.2. The molecular formula is C25H36ClFN4O4. The van der Waals surface area contributed by atoms with Gasteiger partial charge in [-0.25, -0.2) is 4.39 Å². The van der Waals surface area contributed by atoms with Crippen LogP contribution in [0.15, 0.2) is 42.5 Å². The fraction of sp³-hybridized carbons (Fsp3) is 0.480. The van der Waals surface area contributed by atoms with Gasteiger partial charge in [0.2, 0.25) is 5.91 Å². The number of carbonyl (C=O) groups is 1. The van der Waals surface area contributed by atoms with Gasteiger partial charge in [0.15, 0.2) is 0 Å². The molecule has 0 aliphatic rings. The number of amides is 1. The van der Waals surface area contributed by atoms with E-state index in [0.29, 0.717) is 30.2 Å². The van der Waals surface area contributed by atoms with Gasteiger partial charge in [0, 0.05) is 49.2 Å². The summed E-state index contributed by atoms with van der Waals surface area (Å²) < 4.78 is 14.4. The maximum Gasteiger partial charge on any atom is 0.235 e. The Balaban J connectivity index is 2.15. The first-order valence-corrected chi connectivity index (χ1v) is 11.8. The lowest BCUT2D eigenvalue weighted by molar-refractivity contribution is -0.124. The molecule has 3 atom stereocenters. The second-order valence-corrected chi connectivity index (χ2v) is 9.30. The monoisotopic (exact) mass is 510 g/mol. The quantitative estimate of drug-likeness (QED) is 0.242. The molecule has 0 aliphatic heterocycles. The van der Waals surface area contributed by atoms with E-state index in [1.54, 1.807) is 12.1 Å². The van der Waals surface area contributed by atoms with Gasteiger partial charge in [-0.15, -0.1) is 0 Å². The summed E-state index contributed by atoms with van der Waals surface area (Å²) >= 11 is 6.26. The molecule has 8 nitrogen and oxygen atoms in total. The molecule has 0 aromatic heterocycles. The highest BCUT2D eigenvalue weighted by Crippen LogP contribution is 2.22. The van der Waals surface area contributed by atoms with E-state index in [-0.39, 0.29) is 12.4 Å². The summed E-state index contributed by atoms with van der Waals surface area (Å²) in [6, 6.07) is 11.3. The Bertz CT molecular complexity index is 929. The topological polar surface area (TPSA) is 122 Å². The number of aliphatic hydroxyl groups is 3. The van der Waals surface area contributed by atoms with Gasteiger partial charge >= 0.3 is 0 Å². The molecule has 0 saturated carbocycles. The van der Waals surface area contributed by atoms with Crippen molar-refractivity contribution in [1.29, 1.82) is 0 Å². The van der Waals surface area contributed by atoms with Crippen molar-refractivity contribution in [1.82, 2.24) is 15.1 Å². The molecule has 0 saturated heterocycles. The van der Waals surface area contributed by atoms with Gasteiger partial charge in [-0.05, 0) is 37.4 Å². The van der Waals surface area contributed by atoms with Crippen molar-refractivity contribution in [3.63, 3.8) is 0 Å². The number of carbonyl (C=O) groups excluding carboxylic acids is 1. The summed E-state index contributed by atoms with van der Waals surface area (Å²) in [7, 11) is 3.95. The van der Waals surface area contributed by atoms with Gasteiger partial charge < -0.3 is 31.3 Å². The number of primary amides is 1. The van der Waals surface area contributed by atoms with E-state index in [0.717, 1.165) is 17.7 Å². The minimum absolute atomic E-state index is 0.257. The Morgan fingerprint density at radius 3 is 2.37 bits per heavy atom. The summed E-state index contributed by atoms with van der Waals surface area (Å²) in [6.07, 6.45) is -1.29. The van der Waals surface area contributed by atoms with Gasteiger partial charge in [-0.1, -0.05) is 41.9 Å². The van der Waals surface area contributed by atoms with Crippen LogP contribution in [0, 0.1) is 11.7 Å². The highest BCUT2D eigenvalue weighted by molar-refractivity contribution is 6.31. The molecule has 0 fully saturated rings. The normalized spacial score (nSPS) is 14.3. The Labute approximate surface area is 211 Å². The summed E-state index contributed by atoms with van der Waals surface area (Å²) in [4.78, 5) is 16.1. The van der Waals surface area contributed by atoms with Gasteiger partial charge in [0.1, 0.15) is 5.82 Å². The minimum Gasteiger partial charge on any atom is -0.396 e. The molecule has 2 aromatic carbocycles. The third-order valence-electron chi connectivity index (χ3n) is 5.86. The molecule has 2 aromatic rings. The number of nitrogens with one attached hydrogen (secondary N) is 1. The highest BCUT2D eigenvalue weighted by Gasteiger charge is 2.31. The van der Waals surface area contributed by atoms with Gasteiger partial charge in [0.05, 0.1) is 25.4 Å². The molecule has 2 rings (SSSR count). The molecule has 0 bridgehead atoms. The zero-order chi connectivity index (χ0) is 26.0. The Hall–Kier alpha value is -2.11. The van der Waals surface area contributed by atoms with Crippen molar-refractivity contribution in [2.24, 2.45) is 11.7 Å². The third-order valence-corrected chi connectivity index (χ3v) is 6.21. The Morgan fingerprint density at radius 2 is 1.77 bits per heavy atom. The first-order valence-electron chi connectivity index (χ1n) is 11.5. The summed E-state index contributed by atoms with van der Waals surface area (Å²) in [5, 5.41) is 32.1. The van der Waals surface area contributed by atoms with E-state index in [2.05, 4.69) is 15.1 Å². The second-order valence-electron chi connectivity index (χ2n) is 8.89. The van der Waals surface area contributed by atoms with E-state index >= 15 is 0 Å². The lowest BCUT2D eigenvalue weighted by Gasteiger charge is -2.27. The van der Waals surface area contributed by atoms with Crippen LogP contribution in [0.5, 0.6) is 0 Å². The van der Waals surface area contributed by atoms with Crippen LogP contribution in [-0.2, 0) is 24.4 Å². The summed E-state index contributed by atoms with van der Waals surface area (Å²) in [6.45, 7) is 1.52. The van der Waals surface area contributed by atoms with Crippen LogP contribution < -0.4 is 11.1 Å². The average molecular weight is 511 g/mol. The Kier molecular flexibility index (Phi) is 12.0. The number of rotatable bonds is 15. The highest BCUT2D eigenvalue weighted by atomic mass is 35.5.